The van der Waals surface area contributed by atoms with Gasteiger partial charge in [-0.25, -0.2) is 5.43 Å². The molecule has 0 aliphatic carbocycles. The highest BCUT2D eigenvalue weighted by molar-refractivity contribution is 6.01. The summed E-state index contributed by atoms with van der Waals surface area (Å²) < 4.78 is 5.09. The lowest BCUT2D eigenvalue weighted by Crippen LogP contribution is -2.19. The maximum atomic E-state index is 12.2. The number of nitrogens with zero attached hydrogens (tertiary/aromatic N) is 1. The van der Waals surface area contributed by atoms with Gasteiger partial charge in [0, 0.05) is 5.56 Å². The molecule has 1 amide bonds. The summed E-state index contributed by atoms with van der Waals surface area (Å²) >= 11 is 0. The highest BCUT2D eigenvalue weighted by Gasteiger charge is 2.05. The molecule has 1 N–H and O–H groups in total. The molecule has 0 heterocycles. The maximum absolute atomic E-state index is 12.2. The number of amides is 1. The molecule has 0 bridgehead atoms. The van der Waals surface area contributed by atoms with Crippen molar-refractivity contribution in [3.05, 3.63) is 90.0 Å². The van der Waals surface area contributed by atoms with Gasteiger partial charge in [0.1, 0.15) is 5.75 Å². The van der Waals surface area contributed by atoms with E-state index in [1.807, 2.05) is 37.3 Å². The van der Waals surface area contributed by atoms with E-state index in [4.69, 9.17) is 4.74 Å². The molecule has 0 fully saturated rings. The summed E-state index contributed by atoms with van der Waals surface area (Å²) in [5, 5.41) is 4.20. The van der Waals surface area contributed by atoms with Gasteiger partial charge in [-0.2, -0.15) is 5.10 Å². The first-order valence-corrected chi connectivity index (χ1v) is 8.32. The number of hydrogen-bond acceptors (Lipinski definition) is 3. The molecule has 0 atom stereocenters. The SMILES string of the molecule is COc1ccc(C(=O)N/N=C(\C)c2ccc(-c3ccccc3)cc2)cc1. The predicted molar refractivity (Wildman–Crippen MR) is 105 cm³/mol. The Kier molecular flexibility index (Phi) is 5.44. The van der Waals surface area contributed by atoms with Crippen molar-refractivity contribution >= 4 is 11.6 Å². The third-order valence-corrected chi connectivity index (χ3v) is 4.09. The summed E-state index contributed by atoms with van der Waals surface area (Å²) in [5.41, 5.74) is 7.13. The molecule has 0 aliphatic heterocycles. The average Bonchev–Trinajstić information content (AvgIpc) is 2.72. The van der Waals surface area contributed by atoms with Crippen molar-refractivity contribution in [2.24, 2.45) is 5.10 Å². The van der Waals surface area contributed by atoms with Crippen LogP contribution in [0, 0.1) is 0 Å². The molecule has 130 valence electrons. The van der Waals surface area contributed by atoms with Crippen LogP contribution in [0.15, 0.2) is 84.0 Å². The third-order valence-electron chi connectivity index (χ3n) is 4.09. The molecule has 4 heteroatoms. The Hall–Kier alpha value is -3.40. The van der Waals surface area contributed by atoms with Gasteiger partial charge >= 0.3 is 0 Å². The van der Waals surface area contributed by atoms with E-state index in [-0.39, 0.29) is 5.91 Å². The summed E-state index contributed by atoms with van der Waals surface area (Å²) in [5.74, 6) is 0.452. The summed E-state index contributed by atoms with van der Waals surface area (Å²) in [6.45, 7) is 1.87. The zero-order valence-corrected chi connectivity index (χ0v) is 14.8. The Balaban J connectivity index is 1.68. The fourth-order valence-electron chi connectivity index (χ4n) is 2.54. The number of rotatable bonds is 5. The second kappa shape index (κ2) is 8.12. The summed E-state index contributed by atoms with van der Waals surface area (Å²) in [4.78, 5) is 12.2. The molecule has 3 aromatic carbocycles. The van der Waals surface area contributed by atoms with Gasteiger partial charge in [0.25, 0.3) is 5.91 Å². The van der Waals surface area contributed by atoms with Crippen LogP contribution in [0.4, 0.5) is 0 Å². The second-order valence-corrected chi connectivity index (χ2v) is 5.81. The van der Waals surface area contributed by atoms with Crippen LogP contribution in [-0.2, 0) is 0 Å². The van der Waals surface area contributed by atoms with Crippen molar-refractivity contribution < 1.29 is 9.53 Å². The van der Waals surface area contributed by atoms with Gasteiger partial charge in [0.15, 0.2) is 0 Å². The van der Waals surface area contributed by atoms with Gasteiger partial charge in [-0.1, -0.05) is 54.6 Å². The molecule has 0 unspecified atom stereocenters. The zero-order valence-electron chi connectivity index (χ0n) is 14.8. The Labute approximate surface area is 153 Å². The van der Waals surface area contributed by atoms with Crippen molar-refractivity contribution in [1.82, 2.24) is 5.43 Å². The number of methoxy groups -OCH3 is 1. The van der Waals surface area contributed by atoms with Crippen molar-refractivity contribution in [1.29, 1.82) is 0 Å². The number of nitrogens with one attached hydrogen (secondary N) is 1. The Bertz CT molecular complexity index is 899. The number of benzene rings is 3. The van der Waals surface area contributed by atoms with Crippen molar-refractivity contribution in [2.45, 2.75) is 6.92 Å². The summed E-state index contributed by atoms with van der Waals surface area (Å²) in [6, 6.07) is 25.2. The number of hydrazone groups is 1. The minimum absolute atomic E-state index is 0.257. The molecule has 0 saturated carbocycles. The smallest absolute Gasteiger partial charge is 0.271 e. The monoisotopic (exact) mass is 344 g/mol. The normalized spacial score (nSPS) is 11.1. The minimum Gasteiger partial charge on any atom is -0.497 e. The van der Waals surface area contributed by atoms with E-state index in [0.717, 1.165) is 16.8 Å². The number of ether oxygens (including phenoxy) is 1. The van der Waals surface area contributed by atoms with Crippen molar-refractivity contribution in [2.75, 3.05) is 7.11 Å². The summed E-state index contributed by atoms with van der Waals surface area (Å²) in [6.07, 6.45) is 0. The van der Waals surface area contributed by atoms with Gasteiger partial charge in [0.05, 0.1) is 12.8 Å². The van der Waals surface area contributed by atoms with Crippen LogP contribution >= 0.6 is 0 Å². The molecule has 0 aliphatic rings. The zero-order chi connectivity index (χ0) is 18.4. The predicted octanol–water partition coefficient (Wildman–Crippen LogP) is 4.52. The lowest BCUT2D eigenvalue weighted by molar-refractivity contribution is 0.0955. The first kappa shape index (κ1) is 17.4. The first-order chi connectivity index (χ1) is 12.7. The quantitative estimate of drug-likeness (QED) is 0.547. The van der Waals surface area contributed by atoms with Crippen LogP contribution in [-0.4, -0.2) is 18.7 Å². The van der Waals surface area contributed by atoms with E-state index >= 15 is 0 Å². The average molecular weight is 344 g/mol. The van der Waals surface area contributed by atoms with Crippen LogP contribution < -0.4 is 10.2 Å². The van der Waals surface area contributed by atoms with E-state index in [2.05, 4.69) is 34.8 Å². The molecule has 3 rings (SSSR count). The van der Waals surface area contributed by atoms with Crippen molar-refractivity contribution in [3.63, 3.8) is 0 Å². The van der Waals surface area contributed by atoms with E-state index in [1.54, 1.807) is 31.4 Å². The van der Waals surface area contributed by atoms with Gasteiger partial charge < -0.3 is 4.74 Å². The molecule has 0 radical (unpaired) electrons. The molecule has 0 spiro atoms. The fraction of sp³-hybridized carbons (Fsp3) is 0.0909. The molecule has 0 saturated heterocycles. The Morgan fingerprint density at radius 3 is 2.00 bits per heavy atom. The molecule has 4 nitrogen and oxygen atoms in total. The van der Waals surface area contributed by atoms with Gasteiger partial charge in [-0.15, -0.1) is 0 Å². The van der Waals surface area contributed by atoms with Crippen LogP contribution in [0.5, 0.6) is 5.75 Å². The maximum Gasteiger partial charge on any atom is 0.271 e. The summed E-state index contributed by atoms with van der Waals surface area (Å²) in [7, 11) is 1.59. The van der Waals surface area contributed by atoms with E-state index in [1.165, 1.54) is 5.56 Å². The molecular weight excluding hydrogens is 324 g/mol. The third kappa shape index (κ3) is 4.16. The standard InChI is InChI=1S/C22H20N2O2/c1-16(23-24-22(25)20-12-14-21(26-2)15-13-20)17-8-10-19(11-9-17)18-6-4-3-5-7-18/h3-15H,1-2H3,(H,24,25)/b23-16+. The highest BCUT2D eigenvalue weighted by Crippen LogP contribution is 2.19. The molecular formula is C22H20N2O2. The molecule has 3 aromatic rings. The van der Waals surface area contributed by atoms with Crippen LogP contribution in [0.3, 0.4) is 0 Å². The van der Waals surface area contributed by atoms with Gasteiger partial charge in [-0.3, -0.25) is 4.79 Å². The van der Waals surface area contributed by atoms with E-state index in [9.17, 15) is 4.79 Å². The van der Waals surface area contributed by atoms with Crippen LogP contribution in [0.25, 0.3) is 11.1 Å². The molecule has 0 aromatic heterocycles. The van der Waals surface area contributed by atoms with Gasteiger partial charge in [0.2, 0.25) is 0 Å². The number of carbonyl (C=O) groups is 1. The van der Waals surface area contributed by atoms with Gasteiger partial charge in [-0.05, 0) is 47.9 Å². The topological polar surface area (TPSA) is 50.7 Å². The largest absolute Gasteiger partial charge is 0.497 e. The fourth-order valence-corrected chi connectivity index (χ4v) is 2.54. The Morgan fingerprint density at radius 2 is 1.38 bits per heavy atom. The highest BCUT2D eigenvalue weighted by atomic mass is 16.5. The second-order valence-electron chi connectivity index (χ2n) is 5.81. The lowest BCUT2D eigenvalue weighted by Gasteiger charge is -2.06. The number of carbonyl (C=O) groups excluding carboxylic acids is 1. The number of hydrogen-bond donors (Lipinski definition) is 1. The Morgan fingerprint density at radius 1 is 0.808 bits per heavy atom. The van der Waals surface area contributed by atoms with Crippen LogP contribution in [0.2, 0.25) is 0 Å². The molecule has 26 heavy (non-hydrogen) atoms. The lowest BCUT2D eigenvalue weighted by atomic mass is 10.0. The van der Waals surface area contributed by atoms with E-state index < -0.39 is 0 Å². The van der Waals surface area contributed by atoms with Crippen LogP contribution in [0.1, 0.15) is 22.8 Å². The van der Waals surface area contributed by atoms with E-state index in [0.29, 0.717) is 11.3 Å². The first-order valence-electron chi connectivity index (χ1n) is 8.32. The minimum atomic E-state index is -0.257. The van der Waals surface area contributed by atoms with Crippen molar-refractivity contribution in [3.8, 4) is 16.9 Å².